The lowest BCUT2D eigenvalue weighted by atomic mass is 10.1. The van der Waals surface area contributed by atoms with E-state index in [0.29, 0.717) is 23.7 Å². The van der Waals surface area contributed by atoms with Crippen LogP contribution in [0.15, 0.2) is 60.0 Å². The van der Waals surface area contributed by atoms with Gasteiger partial charge in [0.05, 0.1) is 23.4 Å². The van der Waals surface area contributed by atoms with Gasteiger partial charge in [-0.1, -0.05) is 30.3 Å². The van der Waals surface area contributed by atoms with Gasteiger partial charge in [-0.25, -0.2) is 4.98 Å². The number of methoxy groups -OCH3 is 1. The number of nitrogens with zero attached hydrogens (tertiary/aromatic N) is 1. The molecule has 1 aromatic heterocycles. The van der Waals surface area contributed by atoms with Crippen LogP contribution in [-0.4, -0.2) is 17.9 Å². The second-order valence-electron chi connectivity index (χ2n) is 5.63. The van der Waals surface area contributed by atoms with Gasteiger partial charge in [-0.05, 0) is 36.8 Å². The van der Waals surface area contributed by atoms with E-state index >= 15 is 0 Å². The zero-order valence-corrected chi connectivity index (χ0v) is 15.5. The zero-order valence-electron chi connectivity index (χ0n) is 14.6. The summed E-state index contributed by atoms with van der Waals surface area (Å²) in [6.07, 6.45) is 3.24. The van der Waals surface area contributed by atoms with E-state index in [1.807, 2.05) is 42.6 Å². The number of carbonyl (C=O) groups is 1. The summed E-state index contributed by atoms with van der Waals surface area (Å²) in [5, 5.41) is 2.88. The van der Waals surface area contributed by atoms with Gasteiger partial charge in [0.2, 0.25) is 0 Å². The van der Waals surface area contributed by atoms with Crippen molar-refractivity contribution in [1.82, 2.24) is 4.98 Å². The molecule has 0 unspecified atom stereocenters. The summed E-state index contributed by atoms with van der Waals surface area (Å²) < 4.78 is 11.2. The quantitative estimate of drug-likeness (QED) is 0.440. The van der Waals surface area contributed by atoms with Crippen molar-refractivity contribution in [2.75, 3.05) is 7.11 Å². The molecule has 0 saturated heterocycles. The number of rotatable bonds is 7. The van der Waals surface area contributed by atoms with E-state index in [-0.39, 0.29) is 5.78 Å². The molecule has 0 N–H and O–H groups in total. The van der Waals surface area contributed by atoms with Gasteiger partial charge in [0.25, 0.3) is 0 Å². The molecule has 0 spiro atoms. The summed E-state index contributed by atoms with van der Waals surface area (Å²) >= 11 is 1.55. The number of thiazole rings is 1. The van der Waals surface area contributed by atoms with Crippen LogP contribution in [0.1, 0.15) is 26.6 Å². The molecule has 0 atom stereocenters. The van der Waals surface area contributed by atoms with Crippen LogP contribution < -0.4 is 9.47 Å². The standard InChI is InChI=1S/C21H19NO3S/c1-15-22-17(14-26-15)8-11-20(23)19-10-9-18(24-2)12-21(19)25-13-16-6-4-3-5-7-16/h3-12,14H,13H2,1-2H3/b11-8+. The molecule has 0 saturated carbocycles. The zero-order chi connectivity index (χ0) is 18.4. The fraction of sp³-hybridized carbons (Fsp3) is 0.143. The number of hydrogen-bond donors (Lipinski definition) is 0. The lowest BCUT2D eigenvalue weighted by Crippen LogP contribution is -2.03. The minimum Gasteiger partial charge on any atom is -0.497 e. The van der Waals surface area contributed by atoms with Gasteiger partial charge < -0.3 is 9.47 Å². The van der Waals surface area contributed by atoms with E-state index in [1.54, 1.807) is 42.7 Å². The average molecular weight is 365 g/mol. The lowest BCUT2D eigenvalue weighted by Gasteiger charge is -2.11. The molecule has 0 aliphatic heterocycles. The molecule has 5 heteroatoms. The van der Waals surface area contributed by atoms with Crippen molar-refractivity contribution in [1.29, 1.82) is 0 Å². The van der Waals surface area contributed by atoms with E-state index < -0.39 is 0 Å². The number of allylic oxidation sites excluding steroid dienone is 1. The highest BCUT2D eigenvalue weighted by Crippen LogP contribution is 2.27. The Labute approximate surface area is 156 Å². The van der Waals surface area contributed by atoms with Crippen LogP contribution in [0.25, 0.3) is 6.08 Å². The third kappa shape index (κ3) is 4.58. The number of benzene rings is 2. The highest BCUT2D eigenvalue weighted by atomic mass is 32.1. The van der Waals surface area contributed by atoms with Gasteiger partial charge in [-0.3, -0.25) is 4.79 Å². The van der Waals surface area contributed by atoms with Crippen LogP contribution in [0, 0.1) is 6.92 Å². The fourth-order valence-corrected chi connectivity index (χ4v) is 2.98. The van der Waals surface area contributed by atoms with Crippen LogP contribution >= 0.6 is 11.3 Å². The Morgan fingerprint density at radius 1 is 1.19 bits per heavy atom. The Morgan fingerprint density at radius 2 is 2.00 bits per heavy atom. The molecule has 0 bridgehead atoms. The highest BCUT2D eigenvalue weighted by molar-refractivity contribution is 7.09. The van der Waals surface area contributed by atoms with Gasteiger partial charge in [0.15, 0.2) is 5.78 Å². The van der Waals surface area contributed by atoms with E-state index in [1.165, 1.54) is 6.08 Å². The van der Waals surface area contributed by atoms with E-state index in [9.17, 15) is 4.79 Å². The number of ether oxygens (including phenoxy) is 2. The molecule has 1 heterocycles. The van der Waals surface area contributed by atoms with Gasteiger partial charge in [-0.15, -0.1) is 11.3 Å². The van der Waals surface area contributed by atoms with Crippen molar-refractivity contribution in [2.24, 2.45) is 0 Å². The summed E-state index contributed by atoms with van der Waals surface area (Å²) in [4.78, 5) is 17.0. The smallest absolute Gasteiger partial charge is 0.189 e. The largest absolute Gasteiger partial charge is 0.497 e. The van der Waals surface area contributed by atoms with Crippen molar-refractivity contribution in [3.63, 3.8) is 0 Å². The molecule has 3 aromatic rings. The first kappa shape index (κ1) is 17.9. The first-order chi connectivity index (χ1) is 12.7. The van der Waals surface area contributed by atoms with Gasteiger partial charge in [-0.2, -0.15) is 0 Å². The fourth-order valence-electron chi connectivity index (χ4n) is 2.40. The maximum atomic E-state index is 12.6. The number of aryl methyl sites for hydroxylation is 1. The monoisotopic (exact) mass is 365 g/mol. The van der Waals surface area contributed by atoms with Crippen LogP contribution in [-0.2, 0) is 6.61 Å². The maximum Gasteiger partial charge on any atom is 0.189 e. The van der Waals surface area contributed by atoms with E-state index in [4.69, 9.17) is 9.47 Å². The van der Waals surface area contributed by atoms with Crippen molar-refractivity contribution in [2.45, 2.75) is 13.5 Å². The maximum absolute atomic E-state index is 12.6. The second-order valence-corrected chi connectivity index (χ2v) is 6.69. The molecule has 4 nitrogen and oxygen atoms in total. The molecule has 0 amide bonds. The number of aromatic nitrogens is 1. The van der Waals surface area contributed by atoms with Crippen LogP contribution in [0.3, 0.4) is 0 Å². The molecule has 2 aromatic carbocycles. The third-order valence-electron chi connectivity index (χ3n) is 3.73. The third-order valence-corrected chi connectivity index (χ3v) is 4.53. The van der Waals surface area contributed by atoms with E-state index in [2.05, 4.69) is 4.98 Å². The number of ketones is 1. The molecular weight excluding hydrogens is 346 g/mol. The van der Waals surface area contributed by atoms with Gasteiger partial charge in [0.1, 0.15) is 18.1 Å². The highest BCUT2D eigenvalue weighted by Gasteiger charge is 2.12. The topological polar surface area (TPSA) is 48.4 Å². The van der Waals surface area contributed by atoms with Crippen molar-refractivity contribution >= 4 is 23.2 Å². The predicted molar refractivity (Wildman–Crippen MR) is 104 cm³/mol. The van der Waals surface area contributed by atoms with Gasteiger partial charge in [0, 0.05) is 11.4 Å². The molecule has 0 radical (unpaired) electrons. The SMILES string of the molecule is COc1ccc(C(=O)/C=C/c2csc(C)n2)c(OCc2ccccc2)c1. The number of hydrogen-bond acceptors (Lipinski definition) is 5. The summed E-state index contributed by atoms with van der Waals surface area (Å²) in [7, 11) is 1.59. The molecule has 26 heavy (non-hydrogen) atoms. The second kappa shape index (κ2) is 8.45. The van der Waals surface area contributed by atoms with Crippen LogP contribution in [0.4, 0.5) is 0 Å². The van der Waals surface area contributed by atoms with E-state index in [0.717, 1.165) is 16.3 Å². The summed E-state index contributed by atoms with van der Waals surface area (Å²) in [5.41, 5.74) is 2.30. The minimum atomic E-state index is -0.138. The summed E-state index contributed by atoms with van der Waals surface area (Å²) in [5.74, 6) is 1.00. The van der Waals surface area contributed by atoms with Crippen LogP contribution in [0.5, 0.6) is 11.5 Å². The Hall–Kier alpha value is -2.92. The Morgan fingerprint density at radius 3 is 2.69 bits per heavy atom. The van der Waals surface area contributed by atoms with Crippen molar-refractivity contribution < 1.29 is 14.3 Å². The first-order valence-corrected chi connectivity index (χ1v) is 9.03. The molecule has 132 valence electrons. The Kier molecular flexibility index (Phi) is 5.81. The lowest BCUT2D eigenvalue weighted by molar-refractivity contribution is 0.104. The predicted octanol–water partition coefficient (Wildman–Crippen LogP) is 4.94. The minimum absolute atomic E-state index is 0.138. The molecule has 0 fully saturated rings. The molecular formula is C21H19NO3S. The molecule has 0 aliphatic rings. The van der Waals surface area contributed by atoms with Crippen molar-refractivity contribution in [3.05, 3.63) is 81.8 Å². The Bertz CT molecular complexity index is 916. The molecule has 3 rings (SSSR count). The Balaban J connectivity index is 1.80. The van der Waals surface area contributed by atoms with Crippen LogP contribution in [0.2, 0.25) is 0 Å². The van der Waals surface area contributed by atoms with Crippen molar-refractivity contribution in [3.8, 4) is 11.5 Å². The normalized spacial score (nSPS) is 10.8. The summed E-state index contributed by atoms with van der Waals surface area (Å²) in [6.45, 7) is 2.31. The average Bonchev–Trinajstić information content (AvgIpc) is 3.10. The first-order valence-electron chi connectivity index (χ1n) is 8.15. The number of carbonyl (C=O) groups excluding carboxylic acids is 1. The molecule has 0 aliphatic carbocycles. The summed E-state index contributed by atoms with van der Waals surface area (Å²) in [6, 6.07) is 15.0. The van der Waals surface area contributed by atoms with Gasteiger partial charge >= 0.3 is 0 Å².